The molecule has 31 heavy (non-hydrogen) atoms. The maximum atomic E-state index is 13.1. The van der Waals surface area contributed by atoms with Gasteiger partial charge in [0.1, 0.15) is 18.2 Å². The van der Waals surface area contributed by atoms with Crippen molar-refractivity contribution < 1.29 is 19.4 Å². The van der Waals surface area contributed by atoms with Crippen LogP contribution >= 0.6 is 0 Å². The topological polar surface area (TPSA) is 114 Å². The second-order valence-electron chi connectivity index (χ2n) is 8.23. The summed E-state index contributed by atoms with van der Waals surface area (Å²) in [5.41, 5.74) is -0.0518. The Labute approximate surface area is 180 Å². The molecular formula is C21H28N6O4. The van der Waals surface area contributed by atoms with Gasteiger partial charge in [-0.05, 0) is 25.5 Å². The van der Waals surface area contributed by atoms with Gasteiger partial charge in [0.25, 0.3) is 5.91 Å². The van der Waals surface area contributed by atoms with E-state index in [-0.39, 0.29) is 24.3 Å². The molecule has 2 fully saturated rings. The van der Waals surface area contributed by atoms with Gasteiger partial charge in [-0.15, -0.1) is 0 Å². The Morgan fingerprint density at radius 2 is 2.10 bits per heavy atom. The Morgan fingerprint density at radius 3 is 2.81 bits per heavy atom. The van der Waals surface area contributed by atoms with Crippen molar-refractivity contribution in [3.05, 3.63) is 36.5 Å². The molecule has 0 aliphatic carbocycles. The fourth-order valence-corrected chi connectivity index (χ4v) is 4.62. The van der Waals surface area contributed by atoms with Gasteiger partial charge in [0.15, 0.2) is 0 Å². The van der Waals surface area contributed by atoms with E-state index < -0.39 is 5.41 Å². The third-order valence-corrected chi connectivity index (χ3v) is 6.24. The average molecular weight is 428 g/mol. The Bertz CT molecular complexity index is 920. The maximum Gasteiger partial charge on any atom is 0.259 e. The summed E-state index contributed by atoms with van der Waals surface area (Å²) in [6.07, 6.45) is 5.81. The summed E-state index contributed by atoms with van der Waals surface area (Å²) >= 11 is 0. The Hall–Kier alpha value is -3.01. The molecule has 2 aliphatic rings. The van der Waals surface area contributed by atoms with E-state index in [2.05, 4.69) is 15.1 Å². The molecule has 1 N–H and O–H groups in total. The molecule has 0 aromatic carbocycles. The molecule has 0 unspecified atom stereocenters. The number of hydrogen-bond acceptors (Lipinski definition) is 7. The molecule has 0 spiro atoms. The average Bonchev–Trinajstić information content (AvgIpc) is 3.49. The van der Waals surface area contributed by atoms with Crippen LogP contribution < -0.4 is 4.74 Å². The molecule has 10 heteroatoms. The smallest absolute Gasteiger partial charge is 0.259 e. The van der Waals surface area contributed by atoms with Crippen molar-refractivity contribution >= 4 is 11.8 Å². The van der Waals surface area contributed by atoms with E-state index in [0.717, 1.165) is 0 Å². The number of carbonyl (C=O) groups excluding carboxylic acids is 2. The molecule has 0 saturated carbocycles. The number of ether oxygens (including phenoxy) is 1. The first-order chi connectivity index (χ1) is 15.1. The normalized spacial score (nSPS) is 22.6. The summed E-state index contributed by atoms with van der Waals surface area (Å²) in [4.78, 5) is 37.5. The number of aliphatic hydroxyl groups excluding tert-OH is 1. The summed E-state index contributed by atoms with van der Waals surface area (Å²) in [5.74, 6) is 0.304. The fourth-order valence-electron chi connectivity index (χ4n) is 4.62. The third kappa shape index (κ3) is 4.25. The lowest BCUT2D eigenvalue weighted by molar-refractivity contribution is -0.131. The van der Waals surface area contributed by atoms with E-state index in [0.29, 0.717) is 63.6 Å². The number of rotatable bonds is 8. The zero-order chi connectivity index (χ0) is 21.8. The van der Waals surface area contributed by atoms with Crippen molar-refractivity contribution in [2.24, 2.45) is 11.3 Å². The highest BCUT2D eigenvalue weighted by Crippen LogP contribution is 2.43. The van der Waals surface area contributed by atoms with Gasteiger partial charge in [0, 0.05) is 56.7 Å². The molecule has 166 valence electrons. The molecule has 0 bridgehead atoms. The van der Waals surface area contributed by atoms with Crippen LogP contribution in [0.15, 0.2) is 31.0 Å². The van der Waals surface area contributed by atoms with Crippen molar-refractivity contribution in [1.29, 1.82) is 0 Å². The summed E-state index contributed by atoms with van der Waals surface area (Å²) in [6.45, 7) is 4.79. The van der Waals surface area contributed by atoms with Crippen LogP contribution in [-0.2, 0) is 11.3 Å². The second kappa shape index (κ2) is 9.01. The molecule has 10 nitrogen and oxygen atoms in total. The number of amides is 2. The van der Waals surface area contributed by atoms with Gasteiger partial charge in [-0.3, -0.25) is 14.3 Å². The predicted molar refractivity (Wildman–Crippen MR) is 110 cm³/mol. The van der Waals surface area contributed by atoms with Crippen LogP contribution in [0.5, 0.6) is 5.88 Å². The Balaban J connectivity index is 1.37. The summed E-state index contributed by atoms with van der Waals surface area (Å²) in [6, 6.07) is 3.43. The molecule has 2 saturated heterocycles. The number of nitrogens with zero attached hydrogens (tertiary/aromatic N) is 6. The lowest BCUT2D eigenvalue weighted by Gasteiger charge is -2.27. The Kier molecular flexibility index (Phi) is 6.17. The number of carbonyl (C=O) groups is 2. The van der Waals surface area contributed by atoms with Crippen molar-refractivity contribution in [3.63, 3.8) is 0 Å². The number of aryl methyl sites for hydroxylation is 1. The van der Waals surface area contributed by atoms with Gasteiger partial charge in [-0.2, -0.15) is 5.10 Å². The first-order valence-corrected chi connectivity index (χ1v) is 10.6. The summed E-state index contributed by atoms with van der Waals surface area (Å²) in [7, 11) is 0. The van der Waals surface area contributed by atoms with Crippen LogP contribution in [0.25, 0.3) is 0 Å². The van der Waals surface area contributed by atoms with Crippen molar-refractivity contribution in [1.82, 2.24) is 29.5 Å². The van der Waals surface area contributed by atoms with Crippen LogP contribution in [0.3, 0.4) is 0 Å². The number of fused-ring (bicyclic) bond motifs is 1. The number of aliphatic hydroxyl groups is 1. The largest absolute Gasteiger partial charge is 0.477 e. The van der Waals surface area contributed by atoms with Crippen LogP contribution in [-0.4, -0.2) is 85.9 Å². The molecule has 2 aliphatic heterocycles. The highest BCUT2D eigenvalue weighted by atomic mass is 16.5. The van der Waals surface area contributed by atoms with Crippen LogP contribution in [0.2, 0.25) is 0 Å². The predicted octanol–water partition coefficient (Wildman–Crippen LogP) is 0.445. The van der Waals surface area contributed by atoms with Crippen LogP contribution in [0.4, 0.5) is 0 Å². The minimum absolute atomic E-state index is 0.0490. The lowest BCUT2D eigenvalue weighted by Crippen LogP contribution is -2.40. The SMILES string of the molecule is CCOc1ncccc1C(=O)N1C[C@H]2CN(C(=O)CCCn3cncn3)C[C@@]2(CO)C1. The van der Waals surface area contributed by atoms with Gasteiger partial charge >= 0.3 is 0 Å². The van der Waals surface area contributed by atoms with E-state index >= 15 is 0 Å². The van der Waals surface area contributed by atoms with Gasteiger partial charge < -0.3 is 19.6 Å². The minimum Gasteiger partial charge on any atom is -0.477 e. The molecule has 2 aromatic heterocycles. The first-order valence-electron chi connectivity index (χ1n) is 10.6. The van der Waals surface area contributed by atoms with Gasteiger partial charge in [-0.1, -0.05) is 0 Å². The molecule has 0 radical (unpaired) electrons. The zero-order valence-electron chi connectivity index (χ0n) is 17.7. The Morgan fingerprint density at radius 1 is 1.29 bits per heavy atom. The molecular weight excluding hydrogens is 400 g/mol. The highest BCUT2D eigenvalue weighted by molar-refractivity contribution is 5.96. The van der Waals surface area contributed by atoms with Crippen molar-refractivity contribution in [3.8, 4) is 5.88 Å². The molecule has 4 heterocycles. The number of aromatic nitrogens is 4. The van der Waals surface area contributed by atoms with E-state index in [1.165, 1.54) is 6.33 Å². The van der Waals surface area contributed by atoms with Gasteiger partial charge in [0.2, 0.25) is 11.8 Å². The van der Waals surface area contributed by atoms with E-state index in [1.54, 1.807) is 34.2 Å². The second-order valence-corrected chi connectivity index (χ2v) is 8.23. The fraction of sp³-hybridized carbons (Fsp3) is 0.571. The van der Waals surface area contributed by atoms with Crippen molar-refractivity contribution in [2.75, 3.05) is 39.4 Å². The monoisotopic (exact) mass is 428 g/mol. The first kappa shape index (κ1) is 21.2. The van der Waals surface area contributed by atoms with Crippen molar-refractivity contribution in [2.45, 2.75) is 26.3 Å². The standard InChI is InChI=1S/C21H28N6O4/c1-2-31-19-17(5-3-7-23-19)20(30)26-10-16-9-25(11-21(16,12-26)13-28)18(29)6-4-8-27-15-22-14-24-27/h3,5,7,14-16,28H,2,4,6,8-13H2,1H3/t16-,21+/m1/s1. The van der Waals surface area contributed by atoms with E-state index in [4.69, 9.17) is 4.74 Å². The van der Waals surface area contributed by atoms with E-state index in [1.807, 2.05) is 11.8 Å². The summed E-state index contributed by atoms with van der Waals surface area (Å²) in [5, 5.41) is 14.3. The molecule has 2 aromatic rings. The van der Waals surface area contributed by atoms with Gasteiger partial charge in [-0.25, -0.2) is 9.97 Å². The molecule has 2 amide bonds. The number of pyridine rings is 1. The van der Waals surface area contributed by atoms with Gasteiger partial charge in [0.05, 0.1) is 13.2 Å². The minimum atomic E-state index is -0.481. The number of likely N-dealkylation sites (tertiary alicyclic amines) is 2. The molecule has 2 atom stereocenters. The highest BCUT2D eigenvalue weighted by Gasteiger charge is 2.54. The maximum absolute atomic E-state index is 13.1. The summed E-state index contributed by atoms with van der Waals surface area (Å²) < 4.78 is 7.21. The quantitative estimate of drug-likeness (QED) is 0.649. The lowest BCUT2D eigenvalue weighted by atomic mass is 9.82. The van der Waals surface area contributed by atoms with E-state index in [9.17, 15) is 14.7 Å². The van der Waals surface area contributed by atoms with Crippen LogP contribution in [0, 0.1) is 11.3 Å². The van der Waals surface area contributed by atoms with Crippen LogP contribution in [0.1, 0.15) is 30.1 Å². The third-order valence-electron chi connectivity index (χ3n) is 6.24. The zero-order valence-corrected chi connectivity index (χ0v) is 17.7. The number of hydrogen-bond donors (Lipinski definition) is 1. The molecule has 4 rings (SSSR count).